The highest BCUT2D eigenvalue weighted by Crippen LogP contribution is 2.15. The molecule has 0 amide bonds. The smallest absolute Gasteiger partial charge is 0.216 e. The van der Waals surface area contributed by atoms with Crippen LogP contribution in [0.3, 0.4) is 0 Å². The lowest BCUT2D eigenvalue weighted by molar-refractivity contribution is -0.915. The predicted molar refractivity (Wildman–Crippen MR) is 184 cm³/mol. The minimum atomic E-state index is -1.22. The third-order valence-electron chi connectivity index (χ3n) is 9.10. The van der Waals surface area contributed by atoms with Crippen LogP contribution < -0.4 is 26.6 Å². The van der Waals surface area contributed by atoms with Gasteiger partial charge in [-0.3, -0.25) is 4.79 Å². The summed E-state index contributed by atoms with van der Waals surface area (Å²) in [4.78, 5) is 12.3. The number of ketones is 1. The van der Waals surface area contributed by atoms with Crippen LogP contribution in [0.4, 0.5) is 0 Å². The zero-order chi connectivity index (χ0) is 30.5. The van der Waals surface area contributed by atoms with Gasteiger partial charge in [0.25, 0.3) is 0 Å². The fraction of sp³-hybridized carbons (Fsp3) is 0.205. The lowest BCUT2D eigenvalue weighted by atomic mass is 9.13. The summed E-state index contributed by atoms with van der Waals surface area (Å²) < 4.78 is 5.95. The number of likely N-dealkylation sites (N-methyl/N-ethyl adjacent to an activating group) is 1. The van der Waals surface area contributed by atoms with Gasteiger partial charge in [0, 0.05) is 5.56 Å². The third kappa shape index (κ3) is 7.15. The van der Waals surface area contributed by atoms with Gasteiger partial charge in [-0.2, -0.15) is 21.9 Å². The Balaban J connectivity index is 0.000000209. The number of Topliss-reactive ketones (excluding diaryl/α,β-unsaturated/α-hetero) is 1. The number of rotatable bonds is 11. The number of ether oxygens (including phenoxy) is 1. The van der Waals surface area contributed by atoms with Crippen LogP contribution in [0.2, 0.25) is 0 Å². The number of carbonyl (C=O) groups excluding carboxylic acids is 1. The van der Waals surface area contributed by atoms with E-state index in [1.165, 1.54) is 21.9 Å². The van der Waals surface area contributed by atoms with E-state index in [-0.39, 0.29) is 5.78 Å². The van der Waals surface area contributed by atoms with Crippen LogP contribution >= 0.6 is 0 Å². The van der Waals surface area contributed by atoms with E-state index in [9.17, 15) is 4.79 Å². The van der Waals surface area contributed by atoms with Gasteiger partial charge in [0.2, 0.25) is 5.78 Å². The molecule has 0 aliphatic heterocycles. The molecule has 0 heterocycles. The summed E-state index contributed by atoms with van der Waals surface area (Å²) in [6.07, 6.45) is -1.22. The molecule has 0 saturated heterocycles. The molecule has 0 N–H and O–H groups in total. The number of nitrogens with zero attached hydrogens (tertiary/aromatic N) is 1. The van der Waals surface area contributed by atoms with Crippen LogP contribution in [0.1, 0.15) is 31.1 Å². The van der Waals surface area contributed by atoms with Crippen LogP contribution in [-0.4, -0.2) is 49.7 Å². The summed E-state index contributed by atoms with van der Waals surface area (Å²) >= 11 is 0. The molecule has 43 heavy (non-hydrogen) atoms. The fourth-order valence-electron chi connectivity index (χ4n) is 6.30. The van der Waals surface area contributed by atoms with E-state index in [2.05, 4.69) is 142 Å². The molecule has 0 aromatic heterocycles. The van der Waals surface area contributed by atoms with Gasteiger partial charge in [-0.25, -0.2) is 0 Å². The zero-order valence-electron chi connectivity index (χ0n) is 26.0. The second kappa shape index (κ2) is 15.2. The molecule has 0 spiro atoms. The van der Waals surface area contributed by atoms with Crippen molar-refractivity contribution in [1.82, 2.24) is 0 Å². The number of benzene rings is 5. The zero-order valence-corrected chi connectivity index (χ0v) is 26.0. The highest BCUT2D eigenvalue weighted by Gasteiger charge is 2.31. The topological polar surface area (TPSA) is 26.3 Å². The molecule has 3 nitrogen and oxygen atoms in total. The highest BCUT2D eigenvalue weighted by atomic mass is 16.5. The third-order valence-corrected chi connectivity index (χ3v) is 9.10. The molecule has 0 radical (unpaired) electrons. The fourth-order valence-corrected chi connectivity index (χ4v) is 6.30. The monoisotopic (exact) mass is 569 g/mol. The normalized spacial score (nSPS) is 11.3. The molecule has 0 fully saturated rings. The SMILES string of the molecule is CC[N+](CC)(CC)CC(=O)c1ccc(OC)cc1.c1ccc([B-](c2ccccc2)(c2ccccc2)c2ccccc2)cc1. The van der Waals surface area contributed by atoms with E-state index in [1.54, 1.807) is 7.11 Å². The second-order valence-corrected chi connectivity index (χ2v) is 11.1. The van der Waals surface area contributed by atoms with E-state index in [1.807, 2.05) is 24.3 Å². The molecule has 5 rings (SSSR count). The molecular formula is C39H44BNO2. The van der Waals surface area contributed by atoms with Crippen molar-refractivity contribution in [2.45, 2.75) is 20.8 Å². The van der Waals surface area contributed by atoms with E-state index < -0.39 is 6.15 Å². The largest absolute Gasteiger partial charge is 0.497 e. The molecule has 0 aliphatic rings. The van der Waals surface area contributed by atoms with Crippen LogP contribution in [0.5, 0.6) is 5.75 Å². The van der Waals surface area contributed by atoms with Crippen molar-refractivity contribution in [2.75, 3.05) is 33.3 Å². The van der Waals surface area contributed by atoms with Gasteiger partial charge in [-0.1, -0.05) is 121 Å². The predicted octanol–water partition coefficient (Wildman–Crippen LogP) is 5.82. The molecule has 5 aromatic carbocycles. The number of carbonyl (C=O) groups is 1. The Morgan fingerprint density at radius 1 is 0.535 bits per heavy atom. The van der Waals surface area contributed by atoms with Crippen LogP contribution in [0.25, 0.3) is 0 Å². The van der Waals surface area contributed by atoms with E-state index in [4.69, 9.17) is 4.74 Å². The Kier molecular flexibility index (Phi) is 11.1. The molecule has 0 unspecified atom stereocenters. The van der Waals surface area contributed by atoms with Crippen molar-refractivity contribution >= 4 is 33.8 Å². The summed E-state index contributed by atoms with van der Waals surface area (Å²) in [6.45, 7) is 10.0. The second-order valence-electron chi connectivity index (χ2n) is 11.1. The average Bonchev–Trinajstić information content (AvgIpc) is 3.10. The Labute approximate surface area is 258 Å². The minimum Gasteiger partial charge on any atom is -0.497 e. The summed E-state index contributed by atoms with van der Waals surface area (Å²) in [6, 6.07) is 50.9. The molecule has 5 aromatic rings. The Morgan fingerprint density at radius 2 is 0.860 bits per heavy atom. The standard InChI is InChI=1S/C24H20B.C15H24NO2/c1-5-13-21(14-6-1)25(22-15-7-2-8-16-22,23-17-9-3-10-18-23)24-19-11-4-12-20-24;1-5-16(6-2,7-3)12-15(17)13-8-10-14(18-4)11-9-13/h1-20H;8-11H,5-7,12H2,1-4H3/q-1;+1. The van der Waals surface area contributed by atoms with Gasteiger partial charge in [0.15, 0.2) is 0 Å². The van der Waals surface area contributed by atoms with Gasteiger partial charge >= 0.3 is 0 Å². The van der Waals surface area contributed by atoms with Gasteiger partial charge in [0.1, 0.15) is 18.4 Å². The van der Waals surface area contributed by atoms with Crippen LogP contribution in [-0.2, 0) is 0 Å². The van der Waals surface area contributed by atoms with Crippen LogP contribution in [0.15, 0.2) is 146 Å². The number of hydrogen-bond acceptors (Lipinski definition) is 2. The first kappa shape index (κ1) is 31.5. The molecule has 0 atom stereocenters. The minimum absolute atomic E-state index is 0.211. The summed E-state index contributed by atoms with van der Waals surface area (Å²) in [5, 5.41) is 0. The van der Waals surface area contributed by atoms with E-state index >= 15 is 0 Å². The molecule has 0 bridgehead atoms. The van der Waals surface area contributed by atoms with Gasteiger partial charge < -0.3 is 9.22 Å². The summed E-state index contributed by atoms with van der Waals surface area (Å²) in [7, 11) is 1.63. The number of quaternary nitrogens is 1. The van der Waals surface area contributed by atoms with Crippen molar-refractivity contribution in [3.05, 3.63) is 151 Å². The molecule has 0 saturated carbocycles. The van der Waals surface area contributed by atoms with Crippen molar-refractivity contribution in [1.29, 1.82) is 0 Å². The van der Waals surface area contributed by atoms with Crippen molar-refractivity contribution in [3.63, 3.8) is 0 Å². The van der Waals surface area contributed by atoms with Crippen LogP contribution in [0, 0.1) is 0 Å². The van der Waals surface area contributed by atoms with Gasteiger partial charge in [-0.05, 0) is 45.0 Å². The molecule has 220 valence electrons. The number of methoxy groups -OCH3 is 1. The Morgan fingerprint density at radius 3 is 1.14 bits per heavy atom. The van der Waals surface area contributed by atoms with E-state index in [0.29, 0.717) is 6.54 Å². The molecular weight excluding hydrogens is 525 g/mol. The highest BCUT2D eigenvalue weighted by molar-refractivity contribution is 7.19. The van der Waals surface area contributed by atoms with E-state index in [0.717, 1.165) is 35.4 Å². The van der Waals surface area contributed by atoms with Gasteiger partial charge in [-0.15, -0.1) is 0 Å². The Bertz CT molecular complexity index is 1350. The van der Waals surface area contributed by atoms with Gasteiger partial charge in [0.05, 0.1) is 26.7 Å². The lowest BCUT2D eigenvalue weighted by Crippen LogP contribution is -2.74. The molecule has 0 aliphatic carbocycles. The van der Waals surface area contributed by atoms with Crippen molar-refractivity contribution in [2.24, 2.45) is 0 Å². The number of hydrogen-bond donors (Lipinski definition) is 0. The summed E-state index contributed by atoms with van der Waals surface area (Å²) in [5.41, 5.74) is 6.13. The maximum atomic E-state index is 12.3. The maximum Gasteiger partial charge on any atom is 0.216 e. The quantitative estimate of drug-likeness (QED) is 0.114. The first-order valence-corrected chi connectivity index (χ1v) is 15.4. The Hall–Kier alpha value is -4.41. The first-order valence-electron chi connectivity index (χ1n) is 15.4. The van der Waals surface area contributed by atoms with Crippen molar-refractivity contribution < 1.29 is 14.0 Å². The first-order chi connectivity index (χ1) is 21.0. The average molecular weight is 570 g/mol. The maximum absolute atomic E-state index is 12.3. The summed E-state index contributed by atoms with van der Waals surface area (Å²) in [5.74, 6) is 0.997. The van der Waals surface area contributed by atoms with Crippen molar-refractivity contribution in [3.8, 4) is 5.75 Å². The lowest BCUT2D eigenvalue weighted by Gasteiger charge is -2.44. The molecule has 4 heteroatoms.